The van der Waals surface area contributed by atoms with Crippen molar-refractivity contribution in [3.05, 3.63) is 29.8 Å². The van der Waals surface area contributed by atoms with Crippen molar-refractivity contribution in [3.63, 3.8) is 0 Å². The number of nitrogens with zero attached hydrogens (tertiary/aromatic N) is 1. The Kier molecular flexibility index (Phi) is 3.77. The molecule has 1 aliphatic rings. The highest BCUT2D eigenvalue weighted by molar-refractivity contribution is 7.89. The van der Waals surface area contributed by atoms with Crippen LogP contribution in [-0.2, 0) is 14.8 Å². The first-order valence-electron chi connectivity index (χ1n) is 5.86. The largest absolute Gasteiger partial charge is 0.443 e. The van der Waals surface area contributed by atoms with Crippen molar-refractivity contribution in [3.8, 4) is 0 Å². The van der Waals surface area contributed by atoms with Crippen LogP contribution in [0.4, 0.5) is 4.79 Å². The van der Waals surface area contributed by atoms with E-state index in [1.807, 2.05) is 6.92 Å². The Morgan fingerprint density at radius 1 is 1.37 bits per heavy atom. The Balaban J connectivity index is 1.99. The average molecular weight is 284 g/mol. The molecule has 0 aliphatic carbocycles. The zero-order valence-corrected chi connectivity index (χ0v) is 11.6. The molecule has 1 aliphatic heterocycles. The smallest absolute Gasteiger partial charge is 0.410 e. The second-order valence-corrected chi connectivity index (χ2v) is 6.32. The number of ether oxygens (including phenoxy) is 1. The number of rotatable bonds is 4. The highest BCUT2D eigenvalue weighted by atomic mass is 32.2. The standard InChI is InChI=1S/C12H16N2O4S/c1-9-3-5-11(6-4-9)19(16,17)13-7-10-8-14(2)12(15)18-10/h3-6,10,13H,7-8H2,1-2H3. The highest BCUT2D eigenvalue weighted by Crippen LogP contribution is 2.12. The molecular formula is C12H16N2O4S. The molecule has 104 valence electrons. The summed E-state index contributed by atoms with van der Waals surface area (Å²) in [6, 6.07) is 6.56. The Morgan fingerprint density at radius 3 is 2.53 bits per heavy atom. The normalized spacial score (nSPS) is 19.6. The number of aryl methyl sites for hydroxylation is 1. The van der Waals surface area contributed by atoms with Gasteiger partial charge in [-0.05, 0) is 19.1 Å². The number of sulfonamides is 1. The van der Waals surface area contributed by atoms with Gasteiger partial charge in [-0.25, -0.2) is 17.9 Å². The maximum atomic E-state index is 12.0. The third-order valence-corrected chi connectivity index (χ3v) is 4.33. The summed E-state index contributed by atoms with van der Waals surface area (Å²) in [5, 5.41) is 0. The van der Waals surface area contributed by atoms with Gasteiger partial charge in [-0.1, -0.05) is 17.7 Å². The minimum atomic E-state index is -3.56. The van der Waals surface area contributed by atoms with Gasteiger partial charge in [-0.2, -0.15) is 0 Å². The first-order valence-corrected chi connectivity index (χ1v) is 7.35. The number of amides is 1. The van der Waals surface area contributed by atoms with E-state index in [1.54, 1.807) is 31.3 Å². The first kappa shape index (κ1) is 13.8. The van der Waals surface area contributed by atoms with Crippen LogP contribution in [0.1, 0.15) is 5.56 Å². The van der Waals surface area contributed by atoms with Crippen molar-refractivity contribution in [1.29, 1.82) is 0 Å². The lowest BCUT2D eigenvalue weighted by molar-refractivity contribution is 0.135. The Hall–Kier alpha value is -1.60. The topological polar surface area (TPSA) is 75.7 Å². The number of benzene rings is 1. The van der Waals surface area contributed by atoms with Crippen molar-refractivity contribution in [2.75, 3.05) is 20.1 Å². The quantitative estimate of drug-likeness (QED) is 0.884. The van der Waals surface area contributed by atoms with Gasteiger partial charge in [-0.3, -0.25) is 0 Å². The highest BCUT2D eigenvalue weighted by Gasteiger charge is 2.29. The van der Waals surface area contributed by atoms with Gasteiger partial charge in [0.15, 0.2) is 0 Å². The molecule has 1 aromatic rings. The Morgan fingerprint density at radius 2 is 2.00 bits per heavy atom. The van der Waals surface area contributed by atoms with Gasteiger partial charge in [0.05, 0.1) is 11.4 Å². The molecule has 1 fully saturated rings. The number of carbonyl (C=O) groups excluding carboxylic acids is 1. The summed E-state index contributed by atoms with van der Waals surface area (Å²) in [4.78, 5) is 12.8. The molecule has 1 aromatic carbocycles. The predicted molar refractivity (Wildman–Crippen MR) is 69.3 cm³/mol. The minimum absolute atomic E-state index is 0.0757. The third kappa shape index (κ3) is 3.24. The van der Waals surface area contributed by atoms with E-state index in [2.05, 4.69) is 4.72 Å². The van der Waals surface area contributed by atoms with E-state index in [1.165, 1.54) is 4.90 Å². The molecule has 1 N–H and O–H groups in total. The Bertz CT molecular complexity index is 568. The van der Waals surface area contributed by atoms with Crippen LogP contribution in [0.25, 0.3) is 0 Å². The number of likely N-dealkylation sites (N-methyl/N-ethyl adjacent to an activating group) is 1. The van der Waals surface area contributed by atoms with E-state index >= 15 is 0 Å². The molecule has 1 unspecified atom stereocenters. The van der Waals surface area contributed by atoms with E-state index < -0.39 is 22.2 Å². The summed E-state index contributed by atoms with van der Waals surface area (Å²) in [7, 11) is -1.95. The van der Waals surface area contributed by atoms with Crippen LogP contribution in [0.15, 0.2) is 29.2 Å². The molecule has 0 saturated carbocycles. The number of nitrogens with one attached hydrogen (secondary N) is 1. The zero-order chi connectivity index (χ0) is 14.0. The summed E-state index contributed by atoms with van der Waals surface area (Å²) >= 11 is 0. The molecule has 1 heterocycles. The predicted octanol–water partition coefficient (Wildman–Crippen LogP) is 0.724. The van der Waals surface area contributed by atoms with Gasteiger partial charge < -0.3 is 9.64 Å². The van der Waals surface area contributed by atoms with Gasteiger partial charge in [0.25, 0.3) is 0 Å². The summed E-state index contributed by atoms with van der Waals surface area (Å²) in [6.45, 7) is 2.35. The lowest BCUT2D eigenvalue weighted by Crippen LogP contribution is -2.34. The summed E-state index contributed by atoms with van der Waals surface area (Å²) in [6.07, 6.45) is -0.878. The van der Waals surface area contributed by atoms with E-state index in [0.29, 0.717) is 6.54 Å². The van der Waals surface area contributed by atoms with Crippen LogP contribution in [0.5, 0.6) is 0 Å². The van der Waals surface area contributed by atoms with Gasteiger partial charge in [0.2, 0.25) is 10.0 Å². The number of carbonyl (C=O) groups is 1. The summed E-state index contributed by atoms with van der Waals surface area (Å²) in [5.41, 5.74) is 0.991. The van der Waals surface area contributed by atoms with E-state index in [9.17, 15) is 13.2 Å². The molecule has 6 nitrogen and oxygen atoms in total. The van der Waals surface area contributed by atoms with Crippen molar-refractivity contribution >= 4 is 16.1 Å². The number of hydrogen-bond donors (Lipinski definition) is 1. The van der Waals surface area contributed by atoms with Gasteiger partial charge in [0.1, 0.15) is 6.10 Å². The van der Waals surface area contributed by atoms with Gasteiger partial charge >= 0.3 is 6.09 Å². The average Bonchev–Trinajstić information content (AvgIpc) is 2.67. The molecular weight excluding hydrogens is 268 g/mol. The van der Waals surface area contributed by atoms with E-state index in [-0.39, 0.29) is 11.4 Å². The second-order valence-electron chi connectivity index (χ2n) is 4.55. The SMILES string of the molecule is Cc1ccc(S(=O)(=O)NCC2CN(C)C(=O)O2)cc1. The maximum absolute atomic E-state index is 12.0. The van der Waals surface area contributed by atoms with Crippen LogP contribution in [0, 0.1) is 6.92 Å². The third-order valence-electron chi connectivity index (χ3n) is 2.89. The van der Waals surface area contributed by atoms with Crippen LogP contribution in [-0.4, -0.2) is 45.7 Å². The fraction of sp³-hybridized carbons (Fsp3) is 0.417. The molecule has 0 radical (unpaired) electrons. The van der Waals surface area contributed by atoms with Gasteiger partial charge in [-0.15, -0.1) is 0 Å². The van der Waals surface area contributed by atoms with Crippen LogP contribution in [0.3, 0.4) is 0 Å². The van der Waals surface area contributed by atoms with E-state index in [0.717, 1.165) is 5.56 Å². The molecule has 1 amide bonds. The fourth-order valence-electron chi connectivity index (χ4n) is 1.76. The molecule has 1 atom stereocenters. The lowest BCUT2D eigenvalue weighted by Gasteiger charge is -2.10. The number of hydrogen-bond acceptors (Lipinski definition) is 4. The van der Waals surface area contributed by atoms with Crippen molar-refractivity contribution in [2.24, 2.45) is 0 Å². The molecule has 0 aromatic heterocycles. The molecule has 7 heteroatoms. The molecule has 0 spiro atoms. The van der Waals surface area contributed by atoms with Crippen LogP contribution < -0.4 is 4.72 Å². The molecule has 0 bridgehead atoms. The minimum Gasteiger partial charge on any atom is -0.443 e. The lowest BCUT2D eigenvalue weighted by atomic mass is 10.2. The second kappa shape index (κ2) is 5.18. The fourth-order valence-corrected chi connectivity index (χ4v) is 2.83. The van der Waals surface area contributed by atoms with Crippen LogP contribution in [0.2, 0.25) is 0 Å². The van der Waals surface area contributed by atoms with Crippen molar-refractivity contribution in [2.45, 2.75) is 17.9 Å². The first-order chi connectivity index (χ1) is 8.88. The van der Waals surface area contributed by atoms with Crippen molar-refractivity contribution in [1.82, 2.24) is 9.62 Å². The summed E-state index contributed by atoms with van der Waals surface area (Å²) < 4.78 is 31.4. The molecule has 2 rings (SSSR count). The Labute approximate surface area is 112 Å². The summed E-state index contributed by atoms with van der Waals surface area (Å²) in [5.74, 6) is 0. The monoisotopic (exact) mass is 284 g/mol. The van der Waals surface area contributed by atoms with Crippen LogP contribution >= 0.6 is 0 Å². The van der Waals surface area contributed by atoms with Crippen molar-refractivity contribution < 1.29 is 17.9 Å². The van der Waals surface area contributed by atoms with E-state index in [4.69, 9.17) is 4.74 Å². The molecule has 19 heavy (non-hydrogen) atoms. The molecule has 1 saturated heterocycles. The number of cyclic esters (lactones) is 1. The van der Waals surface area contributed by atoms with Gasteiger partial charge in [0, 0.05) is 13.6 Å². The maximum Gasteiger partial charge on any atom is 0.410 e. The zero-order valence-electron chi connectivity index (χ0n) is 10.8.